The number of ether oxygens (including phenoxy) is 1. The molecule has 4 nitrogen and oxygen atoms in total. The van der Waals surface area contributed by atoms with Crippen LogP contribution >= 0.6 is 11.3 Å². The summed E-state index contributed by atoms with van der Waals surface area (Å²) in [7, 11) is 0. The molecule has 0 spiro atoms. The highest BCUT2D eigenvalue weighted by Gasteiger charge is 2.23. The van der Waals surface area contributed by atoms with E-state index in [1.165, 1.54) is 16.7 Å². The average Bonchev–Trinajstić information content (AvgIpc) is 3.08. The van der Waals surface area contributed by atoms with E-state index in [9.17, 15) is 4.79 Å². The van der Waals surface area contributed by atoms with Crippen LogP contribution in [0.5, 0.6) is 5.75 Å². The lowest BCUT2D eigenvalue weighted by Crippen LogP contribution is -2.32. The SMILES string of the molecule is Cc1ccc(C(=O)N2CCOc3ccc(CN4CCc5ccccc5C4)cc3C2)s1. The second-order valence-corrected chi connectivity index (χ2v) is 9.44. The van der Waals surface area contributed by atoms with Gasteiger partial charge in [-0.25, -0.2) is 0 Å². The normalized spacial score (nSPS) is 16.4. The van der Waals surface area contributed by atoms with Crippen LogP contribution in [0.25, 0.3) is 0 Å². The first-order valence-corrected chi connectivity index (χ1v) is 11.4. The van der Waals surface area contributed by atoms with Crippen LogP contribution in [0, 0.1) is 6.92 Å². The zero-order valence-electron chi connectivity index (χ0n) is 17.3. The monoisotopic (exact) mass is 418 g/mol. The molecule has 0 atom stereocenters. The lowest BCUT2D eigenvalue weighted by molar-refractivity contribution is 0.0738. The molecule has 30 heavy (non-hydrogen) atoms. The molecular formula is C25H26N2O2S. The third-order valence-electron chi connectivity index (χ3n) is 5.96. The van der Waals surface area contributed by atoms with Crippen molar-refractivity contribution in [2.24, 2.45) is 0 Å². The minimum atomic E-state index is 0.0996. The largest absolute Gasteiger partial charge is 0.491 e. The Morgan fingerprint density at radius 3 is 2.70 bits per heavy atom. The molecule has 0 aliphatic carbocycles. The summed E-state index contributed by atoms with van der Waals surface area (Å²) in [6.45, 7) is 6.77. The number of benzene rings is 2. The number of nitrogens with zero attached hydrogens (tertiary/aromatic N) is 2. The lowest BCUT2D eigenvalue weighted by Gasteiger charge is -2.29. The zero-order valence-corrected chi connectivity index (χ0v) is 18.1. The van der Waals surface area contributed by atoms with Gasteiger partial charge in [-0.1, -0.05) is 30.3 Å². The molecule has 5 heteroatoms. The Hall–Kier alpha value is -2.63. The number of hydrogen-bond acceptors (Lipinski definition) is 4. The molecule has 0 N–H and O–H groups in total. The second kappa shape index (κ2) is 8.25. The fourth-order valence-corrected chi connectivity index (χ4v) is 5.21. The minimum absolute atomic E-state index is 0.0996. The van der Waals surface area contributed by atoms with E-state index >= 15 is 0 Å². The van der Waals surface area contributed by atoms with E-state index in [2.05, 4.69) is 47.4 Å². The Labute approximate surface area is 181 Å². The highest BCUT2D eigenvalue weighted by atomic mass is 32.1. The van der Waals surface area contributed by atoms with Crippen LogP contribution in [0.4, 0.5) is 0 Å². The first-order valence-electron chi connectivity index (χ1n) is 10.6. The number of carbonyl (C=O) groups excluding carboxylic acids is 1. The maximum absolute atomic E-state index is 13.0. The maximum Gasteiger partial charge on any atom is 0.264 e. The van der Waals surface area contributed by atoms with Crippen LogP contribution in [0.1, 0.15) is 36.8 Å². The van der Waals surface area contributed by atoms with Gasteiger partial charge in [-0.05, 0) is 54.3 Å². The standard InChI is InChI=1S/C25H26N2O2S/c1-18-6-9-24(30-18)25(28)27-12-13-29-23-8-7-19(14-22(23)17-27)15-26-11-10-20-4-2-3-5-21(20)16-26/h2-9,14H,10-13,15-17H2,1H3. The van der Waals surface area contributed by atoms with Gasteiger partial charge in [0.15, 0.2) is 0 Å². The smallest absolute Gasteiger partial charge is 0.264 e. The molecule has 154 valence electrons. The van der Waals surface area contributed by atoms with Crippen LogP contribution in [0.15, 0.2) is 54.6 Å². The fraction of sp³-hybridized carbons (Fsp3) is 0.320. The van der Waals surface area contributed by atoms with Crippen molar-refractivity contribution in [1.29, 1.82) is 0 Å². The van der Waals surface area contributed by atoms with Gasteiger partial charge >= 0.3 is 0 Å². The summed E-state index contributed by atoms with van der Waals surface area (Å²) in [5.41, 5.74) is 5.29. The van der Waals surface area contributed by atoms with Crippen molar-refractivity contribution in [3.05, 3.63) is 86.6 Å². The van der Waals surface area contributed by atoms with Gasteiger partial charge in [-0.15, -0.1) is 11.3 Å². The van der Waals surface area contributed by atoms with Crippen LogP contribution in [0.3, 0.4) is 0 Å². The van der Waals surface area contributed by atoms with Crippen LogP contribution in [0.2, 0.25) is 0 Å². The maximum atomic E-state index is 13.0. The Bertz CT molecular complexity index is 1070. The molecule has 2 aliphatic heterocycles. The fourth-order valence-electron chi connectivity index (χ4n) is 4.37. The van der Waals surface area contributed by atoms with Crippen molar-refractivity contribution < 1.29 is 9.53 Å². The van der Waals surface area contributed by atoms with Crippen molar-refractivity contribution in [1.82, 2.24) is 9.80 Å². The van der Waals surface area contributed by atoms with E-state index < -0.39 is 0 Å². The summed E-state index contributed by atoms with van der Waals surface area (Å²) in [4.78, 5) is 19.3. The molecule has 0 bridgehead atoms. The third-order valence-corrected chi connectivity index (χ3v) is 6.95. The van der Waals surface area contributed by atoms with Crippen molar-refractivity contribution in [3.8, 4) is 5.75 Å². The second-order valence-electron chi connectivity index (χ2n) is 8.16. The predicted octanol–water partition coefficient (Wildman–Crippen LogP) is 4.65. The summed E-state index contributed by atoms with van der Waals surface area (Å²) in [5.74, 6) is 1.00. The zero-order chi connectivity index (χ0) is 20.5. The van der Waals surface area contributed by atoms with Gasteiger partial charge in [0, 0.05) is 36.6 Å². The molecular weight excluding hydrogens is 392 g/mol. The number of fused-ring (bicyclic) bond motifs is 2. The molecule has 0 fully saturated rings. The summed E-state index contributed by atoms with van der Waals surface area (Å²) in [6.07, 6.45) is 1.10. The number of aryl methyl sites for hydroxylation is 1. The molecule has 2 aliphatic rings. The third kappa shape index (κ3) is 4.00. The van der Waals surface area contributed by atoms with E-state index in [-0.39, 0.29) is 5.91 Å². The van der Waals surface area contributed by atoms with E-state index in [0.29, 0.717) is 19.7 Å². The van der Waals surface area contributed by atoms with Crippen molar-refractivity contribution >= 4 is 17.2 Å². The summed E-state index contributed by atoms with van der Waals surface area (Å²) in [5, 5.41) is 0. The quantitative estimate of drug-likeness (QED) is 0.621. The van der Waals surface area contributed by atoms with Gasteiger partial charge in [-0.3, -0.25) is 9.69 Å². The molecule has 0 radical (unpaired) electrons. The Balaban J connectivity index is 1.32. The van der Waals surface area contributed by atoms with Crippen LogP contribution in [-0.2, 0) is 26.1 Å². The molecule has 3 heterocycles. The first kappa shape index (κ1) is 19.3. The predicted molar refractivity (Wildman–Crippen MR) is 120 cm³/mol. The molecule has 3 aromatic rings. The van der Waals surface area contributed by atoms with E-state index in [0.717, 1.165) is 47.1 Å². The van der Waals surface area contributed by atoms with Crippen molar-refractivity contribution in [2.75, 3.05) is 19.7 Å². The van der Waals surface area contributed by atoms with E-state index in [4.69, 9.17) is 4.74 Å². The van der Waals surface area contributed by atoms with Crippen LogP contribution in [-0.4, -0.2) is 35.4 Å². The van der Waals surface area contributed by atoms with Gasteiger partial charge in [0.05, 0.1) is 11.4 Å². The van der Waals surface area contributed by atoms with E-state index in [1.807, 2.05) is 24.0 Å². The highest BCUT2D eigenvalue weighted by molar-refractivity contribution is 7.13. The summed E-state index contributed by atoms with van der Waals surface area (Å²) >= 11 is 1.56. The molecule has 5 rings (SSSR count). The average molecular weight is 419 g/mol. The summed E-state index contributed by atoms with van der Waals surface area (Å²) in [6, 6.07) is 19.1. The first-order chi connectivity index (χ1) is 14.7. The molecule has 2 aromatic carbocycles. The topological polar surface area (TPSA) is 32.8 Å². The molecule has 1 amide bonds. The van der Waals surface area contributed by atoms with Gasteiger partial charge in [-0.2, -0.15) is 0 Å². The Kier molecular flexibility index (Phi) is 5.32. The molecule has 0 saturated carbocycles. The lowest BCUT2D eigenvalue weighted by atomic mass is 9.99. The van der Waals surface area contributed by atoms with Gasteiger partial charge in [0.1, 0.15) is 12.4 Å². The van der Waals surface area contributed by atoms with E-state index in [1.54, 1.807) is 11.3 Å². The van der Waals surface area contributed by atoms with Crippen LogP contribution < -0.4 is 4.74 Å². The number of rotatable bonds is 3. The molecule has 1 aromatic heterocycles. The molecule has 0 unspecified atom stereocenters. The summed E-state index contributed by atoms with van der Waals surface area (Å²) < 4.78 is 5.96. The number of thiophene rings is 1. The van der Waals surface area contributed by atoms with Gasteiger partial charge in [0.25, 0.3) is 5.91 Å². The Morgan fingerprint density at radius 1 is 1.00 bits per heavy atom. The minimum Gasteiger partial charge on any atom is -0.491 e. The van der Waals surface area contributed by atoms with Crippen molar-refractivity contribution in [3.63, 3.8) is 0 Å². The number of hydrogen-bond donors (Lipinski definition) is 0. The molecule has 0 saturated heterocycles. The highest BCUT2D eigenvalue weighted by Crippen LogP contribution is 2.28. The van der Waals surface area contributed by atoms with Crippen molar-refractivity contribution in [2.45, 2.75) is 33.0 Å². The van der Waals surface area contributed by atoms with Gasteiger partial charge < -0.3 is 9.64 Å². The Morgan fingerprint density at radius 2 is 1.87 bits per heavy atom. The number of amides is 1. The van der Waals surface area contributed by atoms with Gasteiger partial charge in [0.2, 0.25) is 0 Å². The number of carbonyl (C=O) groups is 1.